The van der Waals surface area contributed by atoms with Crippen LogP contribution in [0.5, 0.6) is 0 Å². The zero-order valence-electron chi connectivity index (χ0n) is 14.8. The maximum atomic E-state index is 12.9. The number of likely N-dealkylation sites (tertiary alicyclic amines) is 1. The minimum atomic E-state index is -0.121. The minimum absolute atomic E-state index is 0.121. The predicted octanol–water partition coefficient (Wildman–Crippen LogP) is 3.67. The van der Waals surface area contributed by atoms with Crippen LogP contribution in [0.15, 0.2) is 54.6 Å². The van der Waals surface area contributed by atoms with Crippen LogP contribution >= 0.6 is 0 Å². The van der Waals surface area contributed by atoms with Crippen LogP contribution in [0.1, 0.15) is 48.4 Å². The molecule has 1 aliphatic carbocycles. The molecule has 1 amide bonds. The maximum Gasteiger partial charge on any atom is 0.227 e. The van der Waals surface area contributed by atoms with Crippen LogP contribution in [-0.4, -0.2) is 29.9 Å². The van der Waals surface area contributed by atoms with Gasteiger partial charge in [-0.3, -0.25) is 9.69 Å². The Bertz CT molecular complexity index is 737. The van der Waals surface area contributed by atoms with Crippen molar-refractivity contribution in [1.29, 1.82) is 0 Å². The smallest absolute Gasteiger partial charge is 0.227 e. The van der Waals surface area contributed by atoms with Gasteiger partial charge in [0.1, 0.15) is 0 Å². The van der Waals surface area contributed by atoms with E-state index in [4.69, 9.17) is 0 Å². The summed E-state index contributed by atoms with van der Waals surface area (Å²) >= 11 is 0. The highest BCUT2D eigenvalue weighted by molar-refractivity contribution is 5.83. The Morgan fingerprint density at radius 3 is 2.48 bits per heavy atom. The number of nitrogens with one attached hydrogen (secondary N) is 1. The van der Waals surface area contributed by atoms with Gasteiger partial charge in [-0.05, 0) is 56.0 Å². The largest absolute Gasteiger partial charge is 0.351 e. The quantitative estimate of drug-likeness (QED) is 0.925. The summed E-state index contributed by atoms with van der Waals surface area (Å²) in [5, 5.41) is 3.37. The second-order valence-corrected chi connectivity index (χ2v) is 7.34. The maximum absolute atomic E-state index is 12.9. The van der Waals surface area contributed by atoms with Gasteiger partial charge in [-0.2, -0.15) is 0 Å². The molecule has 0 aromatic heterocycles. The van der Waals surface area contributed by atoms with Gasteiger partial charge in [-0.1, -0.05) is 54.6 Å². The van der Waals surface area contributed by atoms with Crippen LogP contribution in [0, 0.1) is 0 Å². The van der Waals surface area contributed by atoms with Crippen molar-refractivity contribution in [3.63, 3.8) is 0 Å². The number of amides is 1. The van der Waals surface area contributed by atoms with Crippen LogP contribution in [0.3, 0.4) is 0 Å². The molecule has 1 heterocycles. The van der Waals surface area contributed by atoms with E-state index >= 15 is 0 Å². The Kier molecular flexibility index (Phi) is 4.58. The lowest BCUT2D eigenvalue weighted by Gasteiger charge is -2.31. The summed E-state index contributed by atoms with van der Waals surface area (Å²) in [4.78, 5) is 15.4. The van der Waals surface area contributed by atoms with E-state index in [0.717, 1.165) is 25.1 Å². The van der Waals surface area contributed by atoms with Crippen LogP contribution in [0.4, 0.5) is 0 Å². The standard InChI is InChI=1S/C22H26N2O/c1-16(17-9-3-2-4-10-17)22(25)23-20-15-18-11-5-6-12-19(18)21(20)24-13-7-8-14-24/h2-6,9-12,16,20-21H,7-8,13-15H2,1H3,(H,23,25)/t16-,20-,21-/m0/s1. The highest BCUT2D eigenvalue weighted by atomic mass is 16.1. The van der Waals surface area contributed by atoms with E-state index in [2.05, 4.69) is 34.5 Å². The van der Waals surface area contributed by atoms with Gasteiger partial charge in [0.2, 0.25) is 5.91 Å². The van der Waals surface area contributed by atoms with Gasteiger partial charge in [0.25, 0.3) is 0 Å². The molecule has 2 aromatic carbocycles. The van der Waals surface area contributed by atoms with Crippen molar-refractivity contribution in [2.24, 2.45) is 0 Å². The minimum Gasteiger partial charge on any atom is -0.351 e. The molecule has 0 unspecified atom stereocenters. The van der Waals surface area contributed by atoms with E-state index in [9.17, 15) is 4.79 Å². The number of carbonyl (C=O) groups is 1. The summed E-state index contributed by atoms with van der Waals surface area (Å²) in [5.74, 6) is 0.0114. The van der Waals surface area contributed by atoms with Crippen LogP contribution in [0.25, 0.3) is 0 Å². The number of benzene rings is 2. The van der Waals surface area contributed by atoms with Crippen molar-refractivity contribution in [2.75, 3.05) is 13.1 Å². The molecular weight excluding hydrogens is 308 g/mol. The third-order valence-electron chi connectivity index (χ3n) is 5.75. The van der Waals surface area contributed by atoms with Gasteiger partial charge in [0.15, 0.2) is 0 Å². The molecule has 1 aliphatic heterocycles. The molecule has 3 nitrogen and oxygen atoms in total. The van der Waals surface area contributed by atoms with Crippen LogP contribution in [0.2, 0.25) is 0 Å². The summed E-state index contributed by atoms with van der Waals surface area (Å²) in [6, 6.07) is 19.2. The average Bonchev–Trinajstić information content (AvgIpc) is 3.28. The molecule has 25 heavy (non-hydrogen) atoms. The first-order valence-corrected chi connectivity index (χ1v) is 9.41. The zero-order valence-corrected chi connectivity index (χ0v) is 14.8. The van der Waals surface area contributed by atoms with Gasteiger partial charge in [-0.25, -0.2) is 0 Å². The van der Waals surface area contributed by atoms with Gasteiger partial charge < -0.3 is 5.32 Å². The third-order valence-corrected chi connectivity index (χ3v) is 5.75. The molecule has 4 rings (SSSR count). The molecule has 1 N–H and O–H groups in total. The van der Waals surface area contributed by atoms with Gasteiger partial charge in [0.05, 0.1) is 18.0 Å². The second-order valence-electron chi connectivity index (χ2n) is 7.34. The number of rotatable bonds is 4. The Balaban J connectivity index is 1.54. The number of nitrogens with zero attached hydrogens (tertiary/aromatic N) is 1. The molecule has 0 saturated carbocycles. The SMILES string of the molecule is C[C@H](C(=O)N[C@H]1Cc2ccccc2[C@@H]1N1CCCC1)c1ccccc1. The number of fused-ring (bicyclic) bond motifs is 1. The first-order valence-electron chi connectivity index (χ1n) is 9.41. The molecule has 0 bridgehead atoms. The summed E-state index contributed by atoms with van der Waals surface area (Å²) in [7, 11) is 0. The lowest BCUT2D eigenvalue weighted by atomic mass is 9.99. The fourth-order valence-electron chi connectivity index (χ4n) is 4.38. The van der Waals surface area contributed by atoms with E-state index in [0.29, 0.717) is 6.04 Å². The zero-order chi connectivity index (χ0) is 17.2. The highest BCUT2D eigenvalue weighted by Crippen LogP contribution is 2.38. The van der Waals surface area contributed by atoms with E-state index in [-0.39, 0.29) is 17.9 Å². The Morgan fingerprint density at radius 2 is 1.72 bits per heavy atom. The second kappa shape index (κ2) is 7.01. The summed E-state index contributed by atoms with van der Waals surface area (Å²) in [5.41, 5.74) is 3.87. The van der Waals surface area contributed by atoms with E-state index < -0.39 is 0 Å². The highest BCUT2D eigenvalue weighted by Gasteiger charge is 2.38. The third kappa shape index (κ3) is 3.21. The topological polar surface area (TPSA) is 32.3 Å². The first kappa shape index (κ1) is 16.3. The van der Waals surface area contributed by atoms with Crippen molar-refractivity contribution < 1.29 is 4.79 Å². The fourth-order valence-corrected chi connectivity index (χ4v) is 4.38. The van der Waals surface area contributed by atoms with Crippen molar-refractivity contribution in [2.45, 2.75) is 44.2 Å². The van der Waals surface area contributed by atoms with Crippen LogP contribution in [-0.2, 0) is 11.2 Å². The van der Waals surface area contributed by atoms with E-state index in [1.807, 2.05) is 37.3 Å². The predicted molar refractivity (Wildman–Crippen MR) is 100 cm³/mol. The molecule has 130 valence electrons. The fraction of sp³-hybridized carbons (Fsp3) is 0.409. The lowest BCUT2D eigenvalue weighted by molar-refractivity contribution is -0.123. The van der Waals surface area contributed by atoms with Crippen molar-refractivity contribution >= 4 is 5.91 Å². The molecule has 2 aromatic rings. The van der Waals surface area contributed by atoms with Gasteiger partial charge >= 0.3 is 0 Å². The summed E-state index contributed by atoms with van der Waals surface area (Å²) in [6.07, 6.45) is 3.46. The normalized spacial score (nSPS) is 24.0. The molecule has 0 radical (unpaired) electrons. The summed E-state index contributed by atoms with van der Waals surface area (Å²) in [6.45, 7) is 4.27. The number of hydrogen-bond donors (Lipinski definition) is 1. The Hall–Kier alpha value is -2.13. The van der Waals surface area contributed by atoms with E-state index in [1.54, 1.807) is 0 Å². The monoisotopic (exact) mass is 334 g/mol. The Labute approximate surface area is 150 Å². The molecule has 2 aliphatic rings. The molecule has 3 heteroatoms. The van der Waals surface area contributed by atoms with Gasteiger partial charge in [0, 0.05) is 0 Å². The molecule has 1 fully saturated rings. The van der Waals surface area contributed by atoms with Crippen molar-refractivity contribution in [1.82, 2.24) is 10.2 Å². The number of carbonyl (C=O) groups excluding carboxylic acids is 1. The summed E-state index contributed by atoms with van der Waals surface area (Å²) < 4.78 is 0. The molecule has 3 atom stereocenters. The van der Waals surface area contributed by atoms with Crippen LogP contribution < -0.4 is 5.32 Å². The molecular formula is C22H26N2O. The van der Waals surface area contributed by atoms with Crippen molar-refractivity contribution in [3.8, 4) is 0 Å². The molecule has 0 spiro atoms. The van der Waals surface area contributed by atoms with Gasteiger partial charge in [-0.15, -0.1) is 0 Å². The number of hydrogen-bond acceptors (Lipinski definition) is 2. The lowest BCUT2D eigenvalue weighted by Crippen LogP contribution is -2.45. The first-order chi connectivity index (χ1) is 12.2. The average molecular weight is 334 g/mol. The molecule has 1 saturated heterocycles. The Morgan fingerprint density at radius 1 is 1.04 bits per heavy atom. The van der Waals surface area contributed by atoms with E-state index in [1.165, 1.54) is 24.0 Å². The van der Waals surface area contributed by atoms with Crippen molar-refractivity contribution in [3.05, 3.63) is 71.3 Å².